The van der Waals surface area contributed by atoms with Gasteiger partial charge in [-0.3, -0.25) is 0 Å². The normalized spacial score (nSPS) is 11.6. The molecule has 2 aromatic rings. The molecular formula is C11H8BrF3N2O2. The molecular weight excluding hydrogens is 329 g/mol. The molecule has 1 heterocycles. The lowest BCUT2D eigenvalue weighted by molar-refractivity contribution is -0.138. The number of anilines is 1. The van der Waals surface area contributed by atoms with Gasteiger partial charge in [0.1, 0.15) is 5.75 Å². The summed E-state index contributed by atoms with van der Waals surface area (Å²) >= 11 is 3.03. The minimum Gasteiger partial charge on any atom is -0.495 e. The monoisotopic (exact) mass is 336 g/mol. The zero-order valence-electron chi connectivity index (χ0n) is 9.58. The van der Waals surface area contributed by atoms with E-state index in [1.165, 1.54) is 12.3 Å². The van der Waals surface area contributed by atoms with Crippen molar-refractivity contribution in [2.24, 2.45) is 0 Å². The molecule has 2 rings (SSSR count). The fraction of sp³-hybridized carbons (Fsp3) is 0.182. The Morgan fingerprint density at radius 1 is 1.32 bits per heavy atom. The predicted molar refractivity (Wildman–Crippen MR) is 65.6 cm³/mol. The second kappa shape index (κ2) is 4.76. The number of nitrogens with two attached hydrogens (primary N) is 1. The van der Waals surface area contributed by atoms with Crippen molar-refractivity contribution in [1.29, 1.82) is 0 Å². The highest BCUT2D eigenvalue weighted by Crippen LogP contribution is 2.44. The maximum Gasteiger partial charge on any atom is 0.420 e. The summed E-state index contributed by atoms with van der Waals surface area (Å²) in [6.07, 6.45) is -3.31. The molecule has 0 atom stereocenters. The van der Waals surface area contributed by atoms with Crippen molar-refractivity contribution in [2.75, 3.05) is 12.8 Å². The molecule has 0 spiro atoms. The largest absolute Gasteiger partial charge is 0.495 e. The van der Waals surface area contributed by atoms with E-state index in [1.54, 1.807) is 0 Å². The number of halogens is 4. The van der Waals surface area contributed by atoms with Gasteiger partial charge >= 0.3 is 6.18 Å². The van der Waals surface area contributed by atoms with Crippen LogP contribution < -0.4 is 10.5 Å². The molecule has 0 fully saturated rings. The number of methoxy groups -OCH3 is 1. The highest BCUT2D eigenvalue weighted by molar-refractivity contribution is 9.10. The number of ether oxygens (including phenoxy) is 1. The smallest absolute Gasteiger partial charge is 0.420 e. The second-order valence-corrected chi connectivity index (χ2v) is 4.55. The van der Waals surface area contributed by atoms with Gasteiger partial charge in [0.15, 0.2) is 0 Å². The minimum atomic E-state index is -4.55. The molecule has 102 valence electrons. The molecule has 0 radical (unpaired) electrons. The van der Waals surface area contributed by atoms with Gasteiger partial charge in [-0.05, 0) is 12.1 Å². The lowest BCUT2D eigenvalue weighted by atomic mass is 10.0. The standard InChI is InChI=1S/C11H8BrF3N2O2/c1-18-9-6(7-4-17-19-10(7)16)2-5(12)3-8(9)11(13,14)15/h2-4H,16H2,1H3. The highest BCUT2D eigenvalue weighted by atomic mass is 79.9. The van der Waals surface area contributed by atoms with Crippen molar-refractivity contribution in [2.45, 2.75) is 6.18 Å². The number of benzene rings is 1. The molecule has 19 heavy (non-hydrogen) atoms. The van der Waals surface area contributed by atoms with Gasteiger partial charge in [-0.15, -0.1) is 0 Å². The van der Waals surface area contributed by atoms with Crippen molar-refractivity contribution in [3.05, 3.63) is 28.4 Å². The average molecular weight is 337 g/mol. The van der Waals surface area contributed by atoms with E-state index in [9.17, 15) is 13.2 Å². The molecule has 4 nitrogen and oxygen atoms in total. The minimum absolute atomic E-state index is 0.0791. The molecule has 0 aliphatic carbocycles. The van der Waals surface area contributed by atoms with Gasteiger partial charge in [0, 0.05) is 10.0 Å². The molecule has 0 bridgehead atoms. The van der Waals surface area contributed by atoms with Gasteiger partial charge in [-0.25, -0.2) is 0 Å². The lowest BCUT2D eigenvalue weighted by Gasteiger charge is -2.15. The Morgan fingerprint density at radius 2 is 2.00 bits per heavy atom. The molecule has 0 aliphatic rings. The number of nitrogen functional groups attached to an aromatic ring is 1. The van der Waals surface area contributed by atoms with Crippen LogP contribution in [0.5, 0.6) is 5.75 Å². The van der Waals surface area contributed by atoms with E-state index >= 15 is 0 Å². The third kappa shape index (κ3) is 2.53. The summed E-state index contributed by atoms with van der Waals surface area (Å²) in [5, 5.41) is 3.44. The Balaban J connectivity index is 2.75. The Hall–Kier alpha value is -1.70. The van der Waals surface area contributed by atoms with E-state index in [2.05, 4.69) is 25.6 Å². The summed E-state index contributed by atoms with van der Waals surface area (Å²) in [6.45, 7) is 0. The van der Waals surface area contributed by atoms with E-state index in [4.69, 9.17) is 10.5 Å². The number of nitrogens with zero attached hydrogens (tertiary/aromatic N) is 1. The van der Waals surface area contributed by atoms with E-state index < -0.39 is 11.7 Å². The van der Waals surface area contributed by atoms with Crippen LogP contribution in [0.25, 0.3) is 11.1 Å². The topological polar surface area (TPSA) is 61.3 Å². The molecule has 0 unspecified atom stereocenters. The van der Waals surface area contributed by atoms with Gasteiger partial charge < -0.3 is 15.0 Å². The van der Waals surface area contributed by atoms with Crippen molar-refractivity contribution >= 4 is 21.8 Å². The Bertz CT molecular complexity index is 610. The van der Waals surface area contributed by atoms with Crippen molar-refractivity contribution in [1.82, 2.24) is 5.16 Å². The first-order valence-corrected chi connectivity index (χ1v) is 5.79. The van der Waals surface area contributed by atoms with Crippen LogP contribution in [0.3, 0.4) is 0 Å². The van der Waals surface area contributed by atoms with Gasteiger partial charge in [0.25, 0.3) is 0 Å². The highest BCUT2D eigenvalue weighted by Gasteiger charge is 2.36. The van der Waals surface area contributed by atoms with Gasteiger partial charge in [0.05, 0.1) is 24.4 Å². The summed E-state index contributed by atoms with van der Waals surface area (Å²) in [7, 11) is 1.16. The summed E-state index contributed by atoms with van der Waals surface area (Å²) in [4.78, 5) is 0. The maximum atomic E-state index is 13.0. The zero-order valence-corrected chi connectivity index (χ0v) is 11.2. The van der Waals surface area contributed by atoms with Crippen molar-refractivity contribution in [3.63, 3.8) is 0 Å². The zero-order chi connectivity index (χ0) is 14.2. The SMILES string of the molecule is COc1c(-c2cnoc2N)cc(Br)cc1C(F)(F)F. The third-order valence-corrected chi connectivity index (χ3v) is 2.91. The number of hydrogen-bond acceptors (Lipinski definition) is 4. The van der Waals surface area contributed by atoms with Crippen LogP contribution in [0.2, 0.25) is 0 Å². The summed E-state index contributed by atoms with van der Waals surface area (Å²) in [5.74, 6) is -0.407. The lowest BCUT2D eigenvalue weighted by Crippen LogP contribution is -2.08. The molecule has 0 saturated carbocycles. The number of aromatic nitrogens is 1. The first kappa shape index (κ1) is 13.7. The van der Waals surface area contributed by atoms with Crippen LogP contribution in [0.15, 0.2) is 27.3 Å². The van der Waals surface area contributed by atoms with Crippen LogP contribution in [0.1, 0.15) is 5.56 Å². The Labute approximate surface area is 114 Å². The van der Waals surface area contributed by atoms with Crippen molar-refractivity contribution < 1.29 is 22.4 Å². The van der Waals surface area contributed by atoms with Crippen molar-refractivity contribution in [3.8, 4) is 16.9 Å². The maximum absolute atomic E-state index is 13.0. The summed E-state index contributed by atoms with van der Waals surface area (Å²) < 4.78 is 48.7. The third-order valence-electron chi connectivity index (χ3n) is 2.45. The molecule has 0 aliphatic heterocycles. The van der Waals surface area contributed by atoms with Crippen LogP contribution >= 0.6 is 15.9 Å². The van der Waals surface area contributed by atoms with Gasteiger partial charge in [-0.1, -0.05) is 21.1 Å². The van der Waals surface area contributed by atoms with Crippen LogP contribution in [0.4, 0.5) is 19.1 Å². The molecule has 8 heteroatoms. The molecule has 2 N–H and O–H groups in total. The van der Waals surface area contributed by atoms with Crippen LogP contribution in [0, 0.1) is 0 Å². The molecule has 0 amide bonds. The first-order chi connectivity index (χ1) is 8.84. The van der Waals surface area contributed by atoms with E-state index in [1.807, 2.05) is 0 Å². The number of rotatable bonds is 2. The Kier molecular flexibility index (Phi) is 3.44. The predicted octanol–water partition coefficient (Wildman–Crippen LogP) is 3.71. The quantitative estimate of drug-likeness (QED) is 0.907. The number of hydrogen-bond donors (Lipinski definition) is 1. The first-order valence-electron chi connectivity index (χ1n) is 5.00. The summed E-state index contributed by atoms with van der Waals surface area (Å²) in [5.41, 5.74) is 5.02. The average Bonchev–Trinajstić information content (AvgIpc) is 2.73. The second-order valence-electron chi connectivity index (χ2n) is 3.64. The van der Waals surface area contributed by atoms with Crippen LogP contribution in [-0.4, -0.2) is 12.3 Å². The Morgan fingerprint density at radius 3 is 2.47 bits per heavy atom. The van der Waals surface area contributed by atoms with E-state index in [0.717, 1.165) is 13.2 Å². The van der Waals surface area contributed by atoms with Crippen LogP contribution in [-0.2, 0) is 6.18 Å². The fourth-order valence-corrected chi connectivity index (χ4v) is 2.13. The van der Waals surface area contributed by atoms with Gasteiger partial charge in [-0.2, -0.15) is 13.2 Å². The molecule has 1 aromatic carbocycles. The van der Waals surface area contributed by atoms with Gasteiger partial charge in [0.2, 0.25) is 5.88 Å². The van der Waals surface area contributed by atoms with E-state index in [-0.39, 0.29) is 27.2 Å². The summed E-state index contributed by atoms with van der Waals surface area (Å²) in [6, 6.07) is 2.39. The fourth-order valence-electron chi connectivity index (χ4n) is 1.68. The molecule has 0 saturated heterocycles. The van der Waals surface area contributed by atoms with E-state index in [0.29, 0.717) is 0 Å². The molecule has 1 aromatic heterocycles. The number of alkyl halides is 3.